The van der Waals surface area contributed by atoms with Crippen LogP contribution in [0, 0.1) is 0 Å². The molecule has 144 valence electrons. The summed E-state index contributed by atoms with van der Waals surface area (Å²) in [5.41, 5.74) is 0.466. The lowest BCUT2D eigenvalue weighted by Crippen LogP contribution is -2.38. The first kappa shape index (κ1) is 20.2. The molecule has 0 N–H and O–H groups in total. The van der Waals surface area contributed by atoms with Gasteiger partial charge in [-0.1, -0.05) is 19.4 Å². The second kappa shape index (κ2) is 9.01. The van der Waals surface area contributed by atoms with E-state index in [0.29, 0.717) is 12.4 Å². The van der Waals surface area contributed by atoms with E-state index in [1.165, 1.54) is 0 Å². The van der Waals surface area contributed by atoms with Gasteiger partial charge < -0.3 is 9.64 Å². The highest BCUT2D eigenvalue weighted by Crippen LogP contribution is 2.30. The number of aromatic nitrogens is 1. The standard InChI is InChI=1S/C20H31N3O3/c1-5-6-13-23(19(25)26-20(2,3)4)18-11-10-16(14-21-18)17-9-7-8-12-22(17)15-24/h10-11,14-15,17H,5-9,12-13H2,1-4H3. The Morgan fingerprint density at radius 2 is 2.15 bits per heavy atom. The van der Waals surface area contributed by atoms with Crippen molar-refractivity contribution in [1.29, 1.82) is 0 Å². The molecule has 0 spiro atoms. The molecule has 1 aliphatic rings. The van der Waals surface area contributed by atoms with Gasteiger partial charge in [0.25, 0.3) is 0 Å². The Hall–Kier alpha value is -2.11. The minimum absolute atomic E-state index is 0.0772. The number of carbonyl (C=O) groups excluding carboxylic acids is 2. The topological polar surface area (TPSA) is 62.7 Å². The molecule has 1 aromatic rings. The molecule has 1 fully saturated rings. The van der Waals surface area contributed by atoms with E-state index in [9.17, 15) is 9.59 Å². The Labute approximate surface area is 156 Å². The molecule has 1 saturated heterocycles. The van der Waals surface area contributed by atoms with Crippen molar-refractivity contribution in [1.82, 2.24) is 9.88 Å². The fourth-order valence-corrected chi connectivity index (χ4v) is 3.12. The highest BCUT2D eigenvalue weighted by atomic mass is 16.6. The molecule has 0 radical (unpaired) electrons. The molecular weight excluding hydrogens is 330 g/mol. The van der Waals surface area contributed by atoms with Gasteiger partial charge in [0, 0.05) is 19.3 Å². The van der Waals surface area contributed by atoms with E-state index >= 15 is 0 Å². The zero-order valence-corrected chi connectivity index (χ0v) is 16.4. The molecule has 0 aromatic carbocycles. The van der Waals surface area contributed by atoms with Crippen molar-refractivity contribution < 1.29 is 14.3 Å². The zero-order valence-electron chi connectivity index (χ0n) is 16.4. The molecule has 1 aliphatic heterocycles. The monoisotopic (exact) mass is 361 g/mol. The smallest absolute Gasteiger partial charge is 0.416 e. The summed E-state index contributed by atoms with van der Waals surface area (Å²) in [4.78, 5) is 31.8. The molecule has 1 aromatic heterocycles. The van der Waals surface area contributed by atoms with Crippen LogP contribution in [-0.4, -0.2) is 41.1 Å². The van der Waals surface area contributed by atoms with Gasteiger partial charge >= 0.3 is 6.09 Å². The second-order valence-electron chi connectivity index (χ2n) is 7.79. The summed E-state index contributed by atoms with van der Waals surface area (Å²) in [5, 5.41) is 0. The molecular formula is C20H31N3O3. The van der Waals surface area contributed by atoms with Gasteiger partial charge in [-0.25, -0.2) is 9.78 Å². The number of anilines is 1. The molecule has 0 aliphatic carbocycles. The molecule has 26 heavy (non-hydrogen) atoms. The first-order valence-corrected chi connectivity index (χ1v) is 9.53. The van der Waals surface area contributed by atoms with Crippen molar-refractivity contribution >= 4 is 18.3 Å². The minimum atomic E-state index is -0.548. The van der Waals surface area contributed by atoms with Crippen molar-refractivity contribution in [2.24, 2.45) is 0 Å². The van der Waals surface area contributed by atoms with Crippen LogP contribution in [-0.2, 0) is 9.53 Å². The van der Waals surface area contributed by atoms with Crippen LogP contribution in [0.5, 0.6) is 0 Å². The molecule has 1 unspecified atom stereocenters. The summed E-state index contributed by atoms with van der Waals surface area (Å²) in [7, 11) is 0. The van der Waals surface area contributed by atoms with E-state index in [4.69, 9.17) is 4.74 Å². The molecule has 2 heterocycles. The van der Waals surface area contributed by atoms with E-state index in [2.05, 4.69) is 11.9 Å². The van der Waals surface area contributed by atoms with Gasteiger partial charge in [0.1, 0.15) is 11.4 Å². The summed E-state index contributed by atoms with van der Waals surface area (Å²) in [6.07, 6.45) is 7.29. The molecule has 0 saturated carbocycles. The number of ether oxygens (including phenoxy) is 1. The van der Waals surface area contributed by atoms with Crippen LogP contribution in [0.4, 0.5) is 10.6 Å². The number of unbranched alkanes of at least 4 members (excludes halogenated alkanes) is 1. The average Bonchev–Trinajstić information content (AvgIpc) is 2.61. The predicted molar refractivity (Wildman–Crippen MR) is 102 cm³/mol. The summed E-state index contributed by atoms with van der Waals surface area (Å²) in [6, 6.07) is 3.90. The Morgan fingerprint density at radius 1 is 1.38 bits per heavy atom. The molecule has 6 heteroatoms. The summed E-state index contributed by atoms with van der Waals surface area (Å²) < 4.78 is 5.52. The second-order valence-corrected chi connectivity index (χ2v) is 7.79. The van der Waals surface area contributed by atoms with Crippen LogP contribution >= 0.6 is 0 Å². The summed E-state index contributed by atoms with van der Waals surface area (Å²) >= 11 is 0. The zero-order chi connectivity index (χ0) is 19.2. The normalized spacial score (nSPS) is 17.7. The SMILES string of the molecule is CCCCN(C(=O)OC(C)(C)C)c1ccc(C2CCCCN2C=O)cn1. The first-order chi connectivity index (χ1) is 12.4. The van der Waals surface area contributed by atoms with Gasteiger partial charge in [0.05, 0.1) is 6.04 Å². The van der Waals surface area contributed by atoms with E-state index in [1.54, 1.807) is 11.1 Å². The quantitative estimate of drug-likeness (QED) is 0.709. The third kappa shape index (κ3) is 5.44. The lowest BCUT2D eigenvalue weighted by atomic mass is 9.97. The predicted octanol–water partition coefficient (Wildman–Crippen LogP) is 4.31. The van der Waals surface area contributed by atoms with Gasteiger partial charge in [-0.2, -0.15) is 0 Å². The van der Waals surface area contributed by atoms with E-state index in [0.717, 1.165) is 50.6 Å². The van der Waals surface area contributed by atoms with Crippen molar-refractivity contribution in [3.05, 3.63) is 23.9 Å². The lowest BCUT2D eigenvalue weighted by Gasteiger charge is -2.33. The molecule has 1 atom stereocenters. The fraction of sp³-hybridized carbons (Fsp3) is 0.650. The lowest BCUT2D eigenvalue weighted by molar-refractivity contribution is -0.121. The van der Waals surface area contributed by atoms with Crippen molar-refractivity contribution in [2.45, 2.75) is 71.4 Å². The van der Waals surface area contributed by atoms with Crippen LogP contribution in [0.2, 0.25) is 0 Å². The van der Waals surface area contributed by atoms with Gasteiger partial charge in [0.2, 0.25) is 6.41 Å². The number of piperidine rings is 1. The van der Waals surface area contributed by atoms with E-state index in [1.807, 2.05) is 37.8 Å². The molecule has 2 amide bonds. The van der Waals surface area contributed by atoms with Gasteiger partial charge in [-0.05, 0) is 58.1 Å². The Balaban J connectivity index is 2.18. The van der Waals surface area contributed by atoms with Gasteiger partial charge in [-0.3, -0.25) is 9.69 Å². The maximum absolute atomic E-state index is 12.6. The highest BCUT2D eigenvalue weighted by Gasteiger charge is 2.26. The molecule has 6 nitrogen and oxygen atoms in total. The van der Waals surface area contributed by atoms with Crippen LogP contribution in [0.1, 0.15) is 71.4 Å². The van der Waals surface area contributed by atoms with Crippen molar-refractivity contribution in [3.63, 3.8) is 0 Å². The average molecular weight is 361 g/mol. The third-order valence-corrected chi connectivity index (χ3v) is 4.46. The number of likely N-dealkylation sites (tertiary alicyclic amines) is 1. The number of rotatable bonds is 6. The van der Waals surface area contributed by atoms with Crippen LogP contribution in [0.15, 0.2) is 18.3 Å². The molecule has 2 rings (SSSR count). The van der Waals surface area contributed by atoms with Crippen molar-refractivity contribution in [3.8, 4) is 0 Å². The Morgan fingerprint density at radius 3 is 2.73 bits per heavy atom. The Kier molecular flexibility index (Phi) is 7.00. The highest BCUT2D eigenvalue weighted by molar-refractivity contribution is 5.86. The van der Waals surface area contributed by atoms with Crippen molar-refractivity contribution in [2.75, 3.05) is 18.0 Å². The number of nitrogens with zero attached hydrogens (tertiary/aromatic N) is 3. The fourth-order valence-electron chi connectivity index (χ4n) is 3.12. The van der Waals surface area contributed by atoms with E-state index in [-0.39, 0.29) is 12.1 Å². The van der Waals surface area contributed by atoms with Crippen LogP contribution < -0.4 is 4.90 Å². The number of hydrogen-bond donors (Lipinski definition) is 0. The number of pyridine rings is 1. The van der Waals surface area contributed by atoms with Gasteiger partial charge in [0.15, 0.2) is 0 Å². The maximum atomic E-state index is 12.6. The molecule has 0 bridgehead atoms. The van der Waals surface area contributed by atoms with E-state index < -0.39 is 5.60 Å². The maximum Gasteiger partial charge on any atom is 0.416 e. The van der Waals surface area contributed by atoms with Crippen LogP contribution in [0.3, 0.4) is 0 Å². The summed E-state index contributed by atoms with van der Waals surface area (Å²) in [6.45, 7) is 9.02. The largest absolute Gasteiger partial charge is 0.443 e. The number of amides is 2. The first-order valence-electron chi connectivity index (χ1n) is 9.53. The number of hydrogen-bond acceptors (Lipinski definition) is 4. The number of carbonyl (C=O) groups is 2. The Bertz CT molecular complexity index is 595. The van der Waals surface area contributed by atoms with Crippen LogP contribution in [0.25, 0.3) is 0 Å². The summed E-state index contributed by atoms with van der Waals surface area (Å²) in [5.74, 6) is 0.588. The minimum Gasteiger partial charge on any atom is -0.443 e. The third-order valence-electron chi connectivity index (χ3n) is 4.46. The van der Waals surface area contributed by atoms with Gasteiger partial charge in [-0.15, -0.1) is 0 Å².